The predicted molar refractivity (Wildman–Crippen MR) is 72.7 cm³/mol. The third-order valence-electron chi connectivity index (χ3n) is 1.74. The molecular weight excluding hydrogens is 273 g/mol. The first kappa shape index (κ1) is 20.6. The van der Waals surface area contributed by atoms with Crippen LogP contribution in [0.3, 0.4) is 0 Å². The summed E-state index contributed by atoms with van der Waals surface area (Å²) in [7, 11) is 2.10. The van der Waals surface area contributed by atoms with Crippen molar-refractivity contribution < 1.29 is 33.5 Å². The maximum absolute atomic E-state index is 10.7. The molecule has 0 aliphatic rings. The molecule has 0 atom stereocenters. The Labute approximate surface area is 114 Å². The Balaban J connectivity index is 0. The second-order valence-corrected chi connectivity index (χ2v) is 6.82. The van der Waals surface area contributed by atoms with Crippen LogP contribution in [0.5, 0.6) is 0 Å². The fraction of sp³-hybridized carbons (Fsp3) is 0.727. The molecule has 0 amide bonds. The molecule has 0 saturated heterocycles. The van der Waals surface area contributed by atoms with Crippen molar-refractivity contribution in [3.8, 4) is 0 Å². The first-order valence-electron chi connectivity index (χ1n) is 5.67. The molecule has 3 N–H and O–H groups in total. The summed E-state index contributed by atoms with van der Waals surface area (Å²) in [5.74, 6) is -0.636. The summed E-state index contributed by atoms with van der Waals surface area (Å²) in [4.78, 5) is 27.4. The van der Waals surface area contributed by atoms with Crippen LogP contribution in [-0.4, -0.2) is 72.4 Å². The van der Waals surface area contributed by atoms with E-state index < -0.39 is 19.7 Å². The quantitative estimate of drug-likeness (QED) is 0.275. The summed E-state index contributed by atoms with van der Waals surface area (Å²) in [6.45, 7) is 5.59. The number of rotatable bonds is 6. The topological polar surface area (TPSA) is 104 Å². The number of nitrogens with zero attached hydrogens (tertiary/aromatic N) is 1. The normalized spacial score (nSPS) is 11.3. The van der Waals surface area contributed by atoms with Crippen molar-refractivity contribution in [3.63, 3.8) is 0 Å². The molecule has 0 saturated carbocycles. The van der Waals surface area contributed by atoms with Gasteiger partial charge in [-0.05, 0) is 6.92 Å². The largest absolute Gasteiger partial charge is 0.462 e. The molecule has 0 radical (unpaired) electrons. The lowest BCUT2D eigenvalue weighted by Crippen LogP contribution is -2.36. The summed E-state index contributed by atoms with van der Waals surface area (Å²) in [6.07, 6.45) is -0.452. The van der Waals surface area contributed by atoms with Gasteiger partial charge in [-0.25, -0.2) is 4.79 Å². The van der Waals surface area contributed by atoms with E-state index in [0.717, 1.165) is 11.0 Å². The summed E-state index contributed by atoms with van der Waals surface area (Å²) >= 11 is 0. The van der Waals surface area contributed by atoms with E-state index in [1.807, 2.05) is 0 Å². The molecule has 0 aromatic carbocycles. The van der Waals surface area contributed by atoms with Crippen LogP contribution < -0.4 is 0 Å². The van der Waals surface area contributed by atoms with Gasteiger partial charge in [0.1, 0.15) is 13.2 Å². The standard InChI is InChI=1S/C6H11O5P.C5H14NO/c1-5(2)6(7)11-3-4-12(8,9)10;1-6(2,3)4-5-7/h1,3-4H2,2H3,(H2,8,9,10);7H,4-5H2,1-3H3/q;+1. The molecule has 0 aliphatic carbocycles. The van der Waals surface area contributed by atoms with Crippen LogP contribution in [0.1, 0.15) is 6.92 Å². The molecule has 0 rings (SSSR count). The molecular formula is C11H25NO6P+. The van der Waals surface area contributed by atoms with Crippen LogP contribution in [-0.2, 0) is 14.1 Å². The Morgan fingerprint density at radius 3 is 2.00 bits per heavy atom. The van der Waals surface area contributed by atoms with Crippen molar-refractivity contribution in [3.05, 3.63) is 12.2 Å². The monoisotopic (exact) mass is 298 g/mol. The Kier molecular flexibility index (Phi) is 10.0. The molecule has 19 heavy (non-hydrogen) atoms. The van der Waals surface area contributed by atoms with Gasteiger partial charge in [0.15, 0.2) is 0 Å². The third-order valence-corrected chi connectivity index (χ3v) is 2.50. The number of aliphatic hydroxyl groups excluding tert-OH is 1. The van der Waals surface area contributed by atoms with Gasteiger partial charge in [0.25, 0.3) is 0 Å². The highest BCUT2D eigenvalue weighted by molar-refractivity contribution is 7.51. The number of ether oxygens (including phenoxy) is 1. The SMILES string of the molecule is C=C(C)C(=O)OCCP(=O)(O)O.C[N+](C)(C)CCO. The average molecular weight is 298 g/mol. The minimum absolute atomic E-state index is 0.209. The highest BCUT2D eigenvalue weighted by atomic mass is 31.2. The second-order valence-electron chi connectivity index (χ2n) is 5.04. The fourth-order valence-corrected chi connectivity index (χ4v) is 1.01. The highest BCUT2D eigenvalue weighted by Crippen LogP contribution is 2.33. The lowest BCUT2D eigenvalue weighted by molar-refractivity contribution is -0.870. The van der Waals surface area contributed by atoms with Gasteiger partial charge in [-0.15, -0.1) is 0 Å². The van der Waals surface area contributed by atoms with Crippen LogP contribution in [0.15, 0.2) is 12.2 Å². The van der Waals surface area contributed by atoms with Crippen molar-refractivity contribution >= 4 is 13.6 Å². The van der Waals surface area contributed by atoms with Crippen LogP contribution in [0.2, 0.25) is 0 Å². The zero-order valence-corrected chi connectivity index (χ0v) is 12.9. The van der Waals surface area contributed by atoms with E-state index in [9.17, 15) is 9.36 Å². The molecule has 7 nitrogen and oxygen atoms in total. The third kappa shape index (κ3) is 19.8. The van der Waals surface area contributed by atoms with Gasteiger partial charge in [0, 0.05) is 5.57 Å². The molecule has 0 aromatic heterocycles. The molecule has 114 valence electrons. The zero-order valence-electron chi connectivity index (χ0n) is 12.0. The summed E-state index contributed by atoms with van der Waals surface area (Å²) < 4.78 is 15.6. The molecule has 0 aliphatic heterocycles. The number of hydrogen-bond acceptors (Lipinski definition) is 4. The van der Waals surface area contributed by atoms with Gasteiger partial charge < -0.3 is 24.1 Å². The minimum atomic E-state index is -4.06. The Hall–Kier alpha value is -0.720. The number of aliphatic hydroxyl groups is 1. The maximum atomic E-state index is 10.7. The first-order valence-corrected chi connectivity index (χ1v) is 7.47. The van der Waals surface area contributed by atoms with Crippen LogP contribution in [0, 0.1) is 0 Å². The highest BCUT2D eigenvalue weighted by Gasteiger charge is 2.13. The van der Waals surface area contributed by atoms with Crippen molar-refractivity contribution in [2.24, 2.45) is 0 Å². The van der Waals surface area contributed by atoms with Crippen LogP contribution in [0.4, 0.5) is 0 Å². The number of carbonyl (C=O) groups excluding carboxylic acids is 1. The Morgan fingerprint density at radius 1 is 1.32 bits per heavy atom. The molecule has 0 fully saturated rings. The van der Waals surface area contributed by atoms with E-state index in [-0.39, 0.29) is 18.8 Å². The fourth-order valence-electron chi connectivity index (χ4n) is 0.680. The van der Waals surface area contributed by atoms with E-state index in [2.05, 4.69) is 32.5 Å². The van der Waals surface area contributed by atoms with E-state index >= 15 is 0 Å². The molecule has 0 unspecified atom stereocenters. The Morgan fingerprint density at radius 2 is 1.79 bits per heavy atom. The number of quaternary nitrogens is 1. The molecule has 0 bridgehead atoms. The first-order chi connectivity index (χ1) is 8.39. The predicted octanol–water partition coefficient (Wildman–Crippen LogP) is -0.0317. The van der Waals surface area contributed by atoms with E-state index in [4.69, 9.17) is 14.9 Å². The van der Waals surface area contributed by atoms with Gasteiger partial charge in [0.05, 0.1) is 33.9 Å². The van der Waals surface area contributed by atoms with Gasteiger partial charge in [-0.1, -0.05) is 6.58 Å². The van der Waals surface area contributed by atoms with Gasteiger partial charge >= 0.3 is 13.6 Å². The van der Waals surface area contributed by atoms with E-state index in [1.165, 1.54) is 6.92 Å². The summed E-state index contributed by atoms with van der Waals surface area (Å²) in [5.41, 5.74) is 0.209. The summed E-state index contributed by atoms with van der Waals surface area (Å²) in [6, 6.07) is 0. The maximum Gasteiger partial charge on any atom is 0.333 e. The number of esters is 1. The lowest BCUT2D eigenvalue weighted by Gasteiger charge is -2.21. The van der Waals surface area contributed by atoms with Crippen molar-refractivity contribution in [2.75, 3.05) is 47.1 Å². The van der Waals surface area contributed by atoms with Gasteiger partial charge in [-0.2, -0.15) is 0 Å². The zero-order chi connectivity index (χ0) is 15.7. The number of carbonyl (C=O) groups is 1. The molecule has 0 heterocycles. The molecule has 0 aromatic rings. The average Bonchev–Trinajstić information content (AvgIpc) is 2.14. The van der Waals surface area contributed by atoms with Crippen molar-refractivity contribution in [1.82, 2.24) is 0 Å². The van der Waals surface area contributed by atoms with Gasteiger partial charge in [-0.3, -0.25) is 4.57 Å². The van der Waals surface area contributed by atoms with E-state index in [0.29, 0.717) is 0 Å². The smallest absolute Gasteiger partial charge is 0.333 e. The molecule has 0 spiro atoms. The Bertz CT molecular complexity index is 331. The van der Waals surface area contributed by atoms with Crippen molar-refractivity contribution in [1.29, 1.82) is 0 Å². The second kappa shape index (κ2) is 9.23. The van der Waals surface area contributed by atoms with E-state index in [1.54, 1.807) is 0 Å². The number of likely N-dealkylation sites (N-methyl/N-ethyl adjacent to an activating group) is 1. The van der Waals surface area contributed by atoms with Crippen LogP contribution in [0.25, 0.3) is 0 Å². The lowest BCUT2D eigenvalue weighted by atomic mass is 10.4. The van der Waals surface area contributed by atoms with Crippen molar-refractivity contribution in [2.45, 2.75) is 6.92 Å². The van der Waals surface area contributed by atoms with Crippen LogP contribution >= 0.6 is 7.60 Å². The minimum Gasteiger partial charge on any atom is -0.462 e. The summed E-state index contributed by atoms with van der Waals surface area (Å²) in [5, 5.41) is 8.39. The van der Waals surface area contributed by atoms with Gasteiger partial charge in [0.2, 0.25) is 0 Å². The number of hydrogen-bond donors (Lipinski definition) is 3. The molecule has 8 heteroatoms.